The normalized spacial score (nSPS) is 14.1. The predicted octanol–water partition coefficient (Wildman–Crippen LogP) is 3.24. The van der Waals surface area contributed by atoms with Gasteiger partial charge in [-0.15, -0.1) is 12.4 Å². The Bertz CT molecular complexity index is 511. The zero-order valence-electron chi connectivity index (χ0n) is 14.6. The van der Waals surface area contributed by atoms with Crippen molar-refractivity contribution in [2.24, 2.45) is 0 Å². The largest absolute Gasteiger partial charge is 0.340 e. The number of hydrogen-bond acceptors (Lipinski definition) is 3. The van der Waals surface area contributed by atoms with E-state index in [1.54, 1.807) is 0 Å². The highest BCUT2D eigenvalue weighted by molar-refractivity contribution is 5.98. The lowest BCUT2D eigenvalue weighted by molar-refractivity contribution is -0.131. The van der Waals surface area contributed by atoms with Crippen LogP contribution < -0.4 is 5.32 Å². The molecule has 0 unspecified atom stereocenters. The van der Waals surface area contributed by atoms with E-state index >= 15 is 0 Å². The quantitative estimate of drug-likeness (QED) is 0.577. The minimum atomic E-state index is 0. The number of nitrogens with zero attached hydrogens (tertiary/aromatic N) is 1. The lowest BCUT2D eigenvalue weighted by atomic mass is 10.0. The molecule has 0 aromatic heterocycles. The summed E-state index contributed by atoms with van der Waals surface area (Å²) in [7, 11) is 0. The molecule has 2 rings (SSSR count). The molecule has 24 heavy (non-hydrogen) atoms. The maximum absolute atomic E-state index is 12.2. The highest BCUT2D eigenvalue weighted by Gasteiger charge is 2.17. The number of aryl methyl sites for hydroxylation is 1. The van der Waals surface area contributed by atoms with Crippen LogP contribution in [0.3, 0.4) is 0 Å². The Labute approximate surface area is 151 Å². The van der Waals surface area contributed by atoms with Gasteiger partial charge in [-0.2, -0.15) is 0 Å². The predicted molar refractivity (Wildman–Crippen MR) is 99.9 cm³/mol. The highest BCUT2D eigenvalue weighted by atomic mass is 35.5. The topological polar surface area (TPSA) is 49.4 Å². The fraction of sp³-hybridized carbons (Fsp3) is 0.579. The molecule has 5 heteroatoms. The first kappa shape index (κ1) is 20.7. The first-order valence-corrected chi connectivity index (χ1v) is 8.81. The Morgan fingerprint density at radius 2 is 1.71 bits per heavy atom. The summed E-state index contributed by atoms with van der Waals surface area (Å²) in [5, 5.41) is 3.22. The summed E-state index contributed by atoms with van der Waals surface area (Å²) in [6.07, 6.45) is 5.36. The number of benzene rings is 1. The van der Waals surface area contributed by atoms with Crippen LogP contribution in [0.5, 0.6) is 0 Å². The number of piperazine rings is 1. The van der Waals surface area contributed by atoms with Crippen LogP contribution in [0, 0.1) is 0 Å². The highest BCUT2D eigenvalue weighted by Crippen LogP contribution is 2.12. The molecular formula is C19H29ClN2O2. The Kier molecular flexibility index (Phi) is 9.65. The number of nitrogens with one attached hydrogen (secondary N) is 1. The number of ketones is 1. The van der Waals surface area contributed by atoms with Crippen molar-refractivity contribution in [1.82, 2.24) is 10.2 Å². The number of rotatable bonds is 8. The second kappa shape index (κ2) is 11.2. The van der Waals surface area contributed by atoms with E-state index in [1.807, 2.05) is 29.2 Å². The summed E-state index contributed by atoms with van der Waals surface area (Å²) in [5.41, 5.74) is 2.00. The van der Waals surface area contributed by atoms with Gasteiger partial charge in [-0.3, -0.25) is 9.59 Å². The van der Waals surface area contributed by atoms with E-state index in [9.17, 15) is 9.59 Å². The first-order valence-electron chi connectivity index (χ1n) is 8.81. The Hall–Kier alpha value is -1.39. The van der Waals surface area contributed by atoms with Crippen molar-refractivity contribution < 1.29 is 9.59 Å². The number of hydrogen-bond donors (Lipinski definition) is 1. The van der Waals surface area contributed by atoms with E-state index in [0.717, 1.165) is 38.2 Å². The number of Topliss-reactive ketones (excluding diaryl/α,β-unsaturated/α-hetero) is 1. The van der Waals surface area contributed by atoms with Crippen molar-refractivity contribution in [3.8, 4) is 0 Å². The third kappa shape index (κ3) is 6.62. The lowest BCUT2D eigenvalue weighted by Gasteiger charge is -2.27. The van der Waals surface area contributed by atoms with Gasteiger partial charge in [0, 0.05) is 44.6 Å². The van der Waals surface area contributed by atoms with Crippen LogP contribution in [-0.4, -0.2) is 42.8 Å². The Balaban J connectivity index is 0.00000288. The number of unbranched alkanes of at least 4 members (excludes halogenated alkanes) is 2. The van der Waals surface area contributed by atoms with Gasteiger partial charge in [-0.25, -0.2) is 0 Å². The molecule has 1 amide bonds. The van der Waals surface area contributed by atoms with E-state index in [-0.39, 0.29) is 24.1 Å². The maximum atomic E-state index is 12.2. The lowest BCUT2D eigenvalue weighted by Crippen LogP contribution is -2.46. The molecule has 0 atom stereocenters. The second-order valence-corrected chi connectivity index (χ2v) is 6.21. The molecule has 0 spiro atoms. The standard InChI is InChI=1S/C19H28N2O2.ClH/c1-2-3-4-5-16-6-8-17(9-7-16)18(22)10-11-19(23)21-14-12-20-13-15-21;/h6-9,20H,2-5,10-15H2,1H3;1H. The van der Waals surface area contributed by atoms with Crippen molar-refractivity contribution in [1.29, 1.82) is 0 Å². The van der Waals surface area contributed by atoms with Crippen LogP contribution in [0.15, 0.2) is 24.3 Å². The van der Waals surface area contributed by atoms with Gasteiger partial charge in [-0.05, 0) is 18.4 Å². The number of carbonyl (C=O) groups is 2. The van der Waals surface area contributed by atoms with Crippen LogP contribution in [0.4, 0.5) is 0 Å². The van der Waals surface area contributed by atoms with E-state index in [4.69, 9.17) is 0 Å². The van der Waals surface area contributed by atoms with Crippen LogP contribution in [0.2, 0.25) is 0 Å². The van der Waals surface area contributed by atoms with Gasteiger partial charge >= 0.3 is 0 Å². The summed E-state index contributed by atoms with van der Waals surface area (Å²) >= 11 is 0. The number of amides is 1. The molecule has 1 heterocycles. The molecule has 1 aromatic rings. The average molecular weight is 353 g/mol. The van der Waals surface area contributed by atoms with Crippen LogP contribution in [0.25, 0.3) is 0 Å². The summed E-state index contributed by atoms with van der Waals surface area (Å²) in [6, 6.07) is 7.89. The summed E-state index contributed by atoms with van der Waals surface area (Å²) in [6.45, 7) is 5.39. The molecule has 0 saturated carbocycles. The van der Waals surface area contributed by atoms with Crippen molar-refractivity contribution >= 4 is 24.1 Å². The minimum Gasteiger partial charge on any atom is -0.340 e. The fourth-order valence-corrected chi connectivity index (χ4v) is 2.87. The molecule has 0 radical (unpaired) electrons. The van der Waals surface area contributed by atoms with Crippen molar-refractivity contribution in [3.05, 3.63) is 35.4 Å². The monoisotopic (exact) mass is 352 g/mol. The number of halogens is 1. The van der Waals surface area contributed by atoms with Crippen molar-refractivity contribution in [2.75, 3.05) is 26.2 Å². The van der Waals surface area contributed by atoms with Gasteiger partial charge in [0.2, 0.25) is 5.91 Å². The third-order valence-electron chi connectivity index (χ3n) is 4.38. The van der Waals surface area contributed by atoms with Gasteiger partial charge in [0.05, 0.1) is 0 Å². The molecular weight excluding hydrogens is 324 g/mol. The van der Waals surface area contributed by atoms with E-state index in [2.05, 4.69) is 12.2 Å². The van der Waals surface area contributed by atoms with Gasteiger partial charge in [0.15, 0.2) is 5.78 Å². The minimum absolute atomic E-state index is 0. The maximum Gasteiger partial charge on any atom is 0.223 e. The molecule has 0 aliphatic carbocycles. The summed E-state index contributed by atoms with van der Waals surface area (Å²) in [4.78, 5) is 26.1. The first-order chi connectivity index (χ1) is 11.2. The van der Waals surface area contributed by atoms with E-state index in [1.165, 1.54) is 24.8 Å². The SMILES string of the molecule is CCCCCc1ccc(C(=O)CCC(=O)N2CCNCC2)cc1.Cl. The van der Waals surface area contributed by atoms with Gasteiger partial charge in [0.25, 0.3) is 0 Å². The zero-order chi connectivity index (χ0) is 16.5. The smallest absolute Gasteiger partial charge is 0.223 e. The molecule has 134 valence electrons. The molecule has 1 N–H and O–H groups in total. The van der Waals surface area contributed by atoms with Gasteiger partial charge in [0.1, 0.15) is 0 Å². The Morgan fingerprint density at radius 3 is 2.33 bits per heavy atom. The van der Waals surface area contributed by atoms with Gasteiger partial charge in [-0.1, -0.05) is 44.0 Å². The second-order valence-electron chi connectivity index (χ2n) is 6.21. The Morgan fingerprint density at radius 1 is 1.04 bits per heavy atom. The summed E-state index contributed by atoms with van der Waals surface area (Å²) in [5.74, 6) is 0.157. The average Bonchev–Trinajstić information content (AvgIpc) is 2.61. The van der Waals surface area contributed by atoms with Crippen molar-refractivity contribution in [2.45, 2.75) is 45.4 Å². The summed E-state index contributed by atoms with van der Waals surface area (Å²) < 4.78 is 0. The molecule has 1 saturated heterocycles. The van der Waals surface area contributed by atoms with E-state index < -0.39 is 0 Å². The number of carbonyl (C=O) groups excluding carboxylic acids is 2. The molecule has 4 nitrogen and oxygen atoms in total. The van der Waals surface area contributed by atoms with Crippen LogP contribution in [0.1, 0.15) is 54.9 Å². The third-order valence-corrected chi connectivity index (χ3v) is 4.38. The van der Waals surface area contributed by atoms with Crippen LogP contribution in [-0.2, 0) is 11.2 Å². The molecule has 0 bridgehead atoms. The molecule has 1 aliphatic heterocycles. The van der Waals surface area contributed by atoms with E-state index in [0.29, 0.717) is 12.8 Å². The fourth-order valence-electron chi connectivity index (χ4n) is 2.87. The van der Waals surface area contributed by atoms with Crippen LogP contribution >= 0.6 is 12.4 Å². The zero-order valence-corrected chi connectivity index (χ0v) is 15.4. The van der Waals surface area contributed by atoms with Gasteiger partial charge < -0.3 is 10.2 Å². The molecule has 1 aliphatic rings. The molecule has 1 fully saturated rings. The van der Waals surface area contributed by atoms with Crippen molar-refractivity contribution in [3.63, 3.8) is 0 Å². The molecule has 1 aromatic carbocycles.